The number of anilines is 1. The van der Waals surface area contributed by atoms with E-state index in [9.17, 15) is 24.3 Å². The quantitative estimate of drug-likeness (QED) is 0.0738. The molecule has 5 aliphatic rings. The summed E-state index contributed by atoms with van der Waals surface area (Å²) >= 11 is 6.73. The summed E-state index contributed by atoms with van der Waals surface area (Å²) in [5.74, 6) is -4.83. The summed E-state index contributed by atoms with van der Waals surface area (Å²) in [4.78, 5) is 57.2. The number of halogens is 5. The molecule has 5 amide bonds. The fourth-order valence-corrected chi connectivity index (χ4v) is 13.7. The molecule has 0 spiro atoms. The van der Waals surface area contributed by atoms with Crippen molar-refractivity contribution >= 4 is 52.1 Å². The highest BCUT2D eigenvalue weighted by molar-refractivity contribution is 6.34. The average Bonchev–Trinajstić information content (AvgIpc) is 3.89. The van der Waals surface area contributed by atoms with Crippen LogP contribution in [0, 0.1) is 41.0 Å². The molecule has 20 heteroatoms. The Hall–Kier alpha value is -6.28. The number of benzene rings is 4. The number of rotatable bonds is 15. The van der Waals surface area contributed by atoms with E-state index >= 15 is 17.6 Å². The maximum Gasteiger partial charge on any atom is 0.329 e. The molecule has 3 atom stereocenters. The van der Waals surface area contributed by atoms with E-state index in [4.69, 9.17) is 26.8 Å². The van der Waals surface area contributed by atoms with Crippen molar-refractivity contribution in [2.24, 2.45) is 30.5 Å². The van der Waals surface area contributed by atoms with Gasteiger partial charge in [0.25, 0.3) is 0 Å². The standard InChI is InChI=1S/C58H67ClF4N8O7/c1-31(2)52(69-21-16-33(17-22-69)46-40(60)28-39-53(51(46)63)68(4)67-55(39)71-25-20-44(73)66-57(71)76)34-18-23-70(24-19-34)56(75)35-10-12-37(13-11-35)65-30-58(36-8-6-5-7-9-36)32(3)45-43(78-58)29-41(61)49(59)48(45)47-38(54(64)74)14-15-42(50(47)62)77-27-26-72/h5-9,14-15,28-29,31-35,37,52,65,72H,10-13,16-27,30H2,1-4H3,(H2,64,74)(H,66,73,76)/t32-,35?,37?,52+,58-/m0/s1. The van der Waals surface area contributed by atoms with E-state index < -0.39 is 64.3 Å². The number of fused-ring (bicyclic) bond motifs is 2. The van der Waals surface area contributed by atoms with Crippen LogP contribution < -0.4 is 30.7 Å². The van der Waals surface area contributed by atoms with Gasteiger partial charge in [-0.3, -0.25) is 34.2 Å². The molecule has 4 aromatic carbocycles. The summed E-state index contributed by atoms with van der Waals surface area (Å²) in [6.45, 7) is 8.71. The van der Waals surface area contributed by atoms with Crippen LogP contribution in [-0.2, 0) is 22.2 Å². The third-order valence-corrected chi connectivity index (χ3v) is 17.7. The van der Waals surface area contributed by atoms with Gasteiger partial charge in [-0.15, -0.1) is 0 Å². The molecule has 5 aromatic rings. The number of carbonyl (C=O) groups excluding carboxylic acids is 4. The van der Waals surface area contributed by atoms with Crippen molar-refractivity contribution in [1.29, 1.82) is 0 Å². The van der Waals surface area contributed by atoms with Crippen LogP contribution in [0.1, 0.15) is 117 Å². The number of likely N-dealkylation sites (tertiary alicyclic amines) is 2. The van der Waals surface area contributed by atoms with Crippen LogP contribution in [0.15, 0.2) is 54.6 Å². The van der Waals surface area contributed by atoms with E-state index in [2.05, 4.69) is 34.5 Å². The lowest BCUT2D eigenvalue weighted by Gasteiger charge is -2.46. The van der Waals surface area contributed by atoms with Gasteiger partial charge in [-0.2, -0.15) is 5.10 Å². The van der Waals surface area contributed by atoms with E-state index in [-0.39, 0.29) is 106 Å². The number of nitrogens with zero attached hydrogens (tertiary/aromatic N) is 5. The van der Waals surface area contributed by atoms with Gasteiger partial charge < -0.3 is 30.5 Å². The fraction of sp³-hybridized carbons (Fsp3) is 0.500. The smallest absolute Gasteiger partial charge is 0.329 e. The summed E-state index contributed by atoms with van der Waals surface area (Å²) < 4.78 is 78.5. The molecule has 1 aromatic heterocycles. The van der Waals surface area contributed by atoms with Crippen molar-refractivity contribution < 1.29 is 51.3 Å². The number of nitrogens with two attached hydrogens (primary N) is 1. The zero-order valence-corrected chi connectivity index (χ0v) is 45.1. The number of amides is 5. The van der Waals surface area contributed by atoms with E-state index in [0.29, 0.717) is 69.3 Å². The first-order valence-electron chi connectivity index (χ1n) is 27.3. The zero-order chi connectivity index (χ0) is 55.3. The molecule has 4 fully saturated rings. The summed E-state index contributed by atoms with van der Waals surface area (Å²) in [7, 11) is 1.56. The number of piperidine rings is 2. The van der Waals surface area contributed by atoms with Gasteiger partial charge in [0.15, 0.2) is 28.8 Å². The van der Waals surface area contributed by atoms with Gasteiger partial charge in [-0.05, 0) is 106 Å². The Morgan fingerprint density at radius 1 is 0.910 bits per heavy atom. The highest BCUT2D eigenvalue weighted by atomic mass is 35.5. The molecule has 3 saturated heterocycles. The third-order valence-electron chi connectivity index (χ3n) is 17.3. The molecule has 4 aliphatic heterocycles. The number of hydrogen-bond donors (Lipinski definition) is 4. The molecule has 0 bridgehead atoms. The summed E-state index contributed by atoms with van der Waals surface area (Å²) in [6, 6.07) is 14.0. The molecule has 78 heavy (non-hydrogen) atoms. The first-order chi connectivity index (χ1) is 37.4. The minimum absolute atomic E-state index is 0.0250. The Balaban J connectivity index is 0.764. The molecule has 1 aliphatic carbocycles. The van der Waals surface area contributed by atoms with Crippen LogP contribution in [0.4, 0.5) is 28.2 Å². The predicted molar refractivity (Wildman–Crippen MR) is 286 cm³/mol. The SMILES string of the molecule is CC(C)[C@H](C1CCN(C(=O)C2CCC(NC[C@]3(c4ccccc4)Oc4cc(F)c(Cl)c(-c5c(C(N)=O)ccc(OCCO)c5F)c4[C@@H]3C)CC2)CC1)N1CCC(c2c(F)cc3c(N4CCC(=O)NC4=O)nn(C)c3c2F)CC1. The first-order valence-corrected chi connectivity index (χ1v) is 27.6. The van der Waals surface area contributed by atoms with Crippen LogP contribution in [-0.4, -0.2) is 113 Å². The monoisotopic (exact) mass is 1100 g/mol. The van der Waals surface area contributed by atoms with E-state index in [1.54, 1.807) is 7.05 Å². The number of aryl methyl sites for hydroxylation is 1. The summed E-state index contributed by atoms with van der Waals surface area (Å²) in [6.07, 6.45) is 5.76. The minimum Gasteiger partial charge on any atom is -0.488 e. The van der Waals surface area contributed by atoms with Gasteiger partial charge in [0.05, 0.1) is 22.6 Å². The van der Waals surface area contributed by atoms with Crippen molar-refractivity contribution in [2.75, 3.05) is 57.4 Å². The Morgan fingerprint density at radius 3 is 2.27 bits per heavy atom. The molecule has 5 N–H and O–H groups in total. The highest BCUT2D eigenvalue weighted by Crippen LogP contribution is 2.57. The van der Waals surface area contributed by atoms with Crippen LogP contribution in [0.2, 0.25) is 5.02 Å². The highest BCUT2D eigenvalue weighted by Gasteiger charge is 2.51. The minimum atomic E-state index is -1.14. The number of ether oxygens (including phenoxy) is 2. The number of aliphatic hydroxyl groups excluding tert-OH is 1. The van der Waals surface area contributed by atoms with Crippen molar-refractivity contribution in [3.63, 3.8) is 0 Å². The number of imide groups is 1. The maximum absolute atomic E-state index is 16.5. The molecular formula is C58H67ClF4N8O7. The lowest BCUT2D eigenvalue weighted by molar-refractivity contribution is -0.138. The Kier molecular flexibility index (Phi) is 15.9. The molecule has 15 nitrogen and oxygen atoms in total. The van der Waals surface area contributed by atoms with Gasteiger partial charge in [0.1, 0.15) is 29.5 Å². The molecule has 416 valence electrons. The number of carbonyl (C=O) groups is 4. The number of primary amides is 1. The van der Waals surface area contributed by atoms with Gasteiger partial charge in [-0.1, -0.05) is 62.7 Å². The van der Waals surface area contributed by atoms with Gasteiger partial charge in [0, 0.05) is 91.9 Å². The van der Waals surface area contributed by atoms with Crippen molar-refractivity contribution in [1.82, 2.24) is 30.2 Å². The van der Waals surface area contributed by atoms with Crippen LogP contribution in [0.3, 0.4) is 0 Å². The Morgan fingerprint density at radius 2 is 1.62 bits per heavy atom. The van der Waals surface area contributed by atoms with Crippen molar-refractivity contribution in [3.8, 4) is 22.6 Å². The second-order valence-corrected chi connectivity index (χ2v) is 22.5. The number of urea groups is 1. The third kappa shape index (κ3) is 10.1. The average molecular weight is 1100 g/mol. The second-order valence-electron chi connectivity index (χ2n) is 22.1. The molecule has 10 rings (SSSR count). The van der Waals surface area contributed by atoms with Crippen LogP contribution >= 0.6 is 11.6 Å². The number of nitrogens with one attached hydrogen (secondary N) is 2. The second kappa shape index (κ2) is 22.5. The van der Waals surface area contributed by atoms with E-state index in [0.717, 1.165) is 31.2 Å². The lowest BCUT2D eigenvalue weighted by Crippen LogP contribution is -2.52. The lowest BCUT2D eigenvalue weighted by atomic mass is 9.77. The molecule has 1 saturated carbocycles. The molecular weight excluding hydrogens is 1030 g/mol. The topological polar surface area (TPSA) is 185 Å². The summed E-state index contributed by atoms with van der Waals surface area (Å²) in [5, 5.41) is 19.5. The van der Waals surface area contributed by atoms with Gasteiger partial charge in [-0.25, -0.2) is 22.4 Å². The van der Waals surface area contributed by atoms with Crippen molar-refractivity contribution in [3.05, 3.63) is 105 Å². The predicted octanol–water partition coefficient (Wildman–Crippen LogP) is 9.05. The first kappa shape index (κ1) is 55.1. The van der Waals surface area contributed by atoms with Crippen LogP contribution in [0.5, 0.6) is 11.5 Å². The number of aromatic nitrogens is 2. The number of hydrogen-bond acceptors (Lipinski definition) is 10. The van der Waals surface area contributed by atoms with Gasteiger partial charge in [0.2, 0.25) is 17.7 Å². The molecule has 5 heterocycles. The van der Waals surface area contributed by atoms with Crippen LogP contribution in [0.25, 0.3) is 22.0 Å². The summed E-state index contributed by atoms with van der Waals surface area (Å²) in [5.41, 5.74) is 5.33. The van der Waals surface area contributed by atoms with Gasteiger partial charge >= 0.3 is 6.03 Å². The van der Waals surface area contributed by atoms with Crippen molar-refractivity contribution in [2.45, 2.75) is 108 Å². The zero-order valence-electron chi connectivity index (χ0n) is 44.4. The molecule has 0 radical (unpaired) electrons. The normalized spacial score (nSPS) is 22.9. The Labute approximate surface area is 455 Å². The van der Waals surface area contributed by atoms with E-state index in [1.165, 1.54) is 33.8 Å². The fourth-order valence-electron chi connectivity index (χ4n) is 13.5. The van der Waals surface area contributed by atoms with E-state index in [1.807, 2.05) is 42.2 Å². The Bertz CT molecular complexity index is 3120. The maximum atomic E-state index is 16.5. The number of aliphatic hydroxyl groups is 1. The molecule has 0 unspecified atom stereocenters. The largest absolute Gasteiger partial charge is 0.488 e.